The smallest absolute Gasteiger partial charge is 0.457 e. The number of imidazole rings is 1. The van der Waals surface area contributed by atoms with Gasteiger partial charge in [-0.3, -0.25) is 4.79 Å². The molecular formula is C7H8F3N3O2. The van der Waals surface area contributed by atoms with Crippen LogP contribution in [-0.2, 0) is 11.2 Å². The molecule has 1 atom stereocenters. The SMILES string of the molecule is O=C(O)[C@H](Cc1cnc[nH]1)NC(F)(F)F. The number of aromatic nitrogens is 2. The maximum Gasteiger partial charge on any atom is 0.457 e. The Kier molecular flexibility index (Phi) is 3.30. The summed E-state index contributed by atoms with van der Waals surface area (Å²) >= 11 is 0. The third kappa shape index (κ3) is 3.98. The van der Waals surface area contributed by atoms with Crippen LogP contribution < -0.4 is 5.32 Å². The first-order valence-corrected chi connectivity index (χ1v) is 3.93. The second-order valence-electron chi connectivity index (χ2n) is 2.81. The van der Waals surface area contributed by atoms with Gasteiger partial charge in [0.25, 0.3) is 0 Å². The minimum Gasteiger partial charge on any atom is -0.480 e. The highest BCUT2D eigenvalue weighted by atomic mass is 19.4. The summed E-state index contributed by atoms with van der Waals surface area (Å²) in [6, 6.07) is -1.72. The lowest BCUT2D eigenvalue weighted by Crippen LogP contribution is -2.46. The first-order valence-electron chi connectivity index (χ1n) is 3.93. The molecule has 0 spiro atoms. The van der Waals surface area contributed by atoms with Crippen molar-refractivity contribution in [2.75, 3.05) is 0 Å². The second-order valence-corrected chi connectivity index (χ2v) is 2.81. The quantitative estimate of drug-likeness (QED) is 0.650. The minimum atomic E-state index is -4.72. The van der Waals surface area contributed by atoms with Crippen LogP contribution in [0.1, 0.15) is 5.69 Å². The van der Waals surface area contributed by atoms with Crippen molar-refractivity contribution in [1.82, 2.24) is 15.3 Å². The minimum absolute atomic E-state index is 0.311. The van der Waals surface area contributed by atoms with E-state index >= 15 is 0 Å². The zero-order chi connectivity index (χ0) is 11.5. The number of hydrogen-bond donors (Lipinski definition) is 3. The molecule has 0 saturated carbocycles. The average molecular weight is 223 g/mol. The Morgan fingerprint density at radius 3 is 2.73 bits per heavy atom. The van der Waals surface area contributed by atoms with Gasteiger partial charge in [-0.1, -0.05) is 0 Å². The van der Waals surface area contributed by atoms with E-state index in [-0.39, 0.29) is 6.42 Å². The Balaban J connectivity index is 2.63. The molecule has 0 amide bonds. The summed E-state index contributed by atoms with van der Waals surface area (Å²) in [7, 11) is 0. The molecule has 5 nitrogen and oxygen atoms in total. The number of H-pyrrole nitrogens is 1. The van der Waals surface area contributed by atoms with Crippen LogP contribution in [0.5, 0.6) is 0 Å². The maximum atomic E-state index is 11.9. The van der Waals surface area contributed by atoms with Gasteiger partial charge in [-0.2, -0.15) is 13.2 Å². The number of nitrogens with one attached hydrogen (secondary N) is 2. The van der Waals surface area contributed by atoms with Gasteiger partial charge in [-0.15, -0.1) is 0 Å². The van der Waals surface area contributed by atoms with Crippen molar-refractivity contribution in [1.29, 1.82) is 0 Å². The molecular weight excluding hydrogens is 215 g/mol. The van der Waals surface area contributed by atoms with Crippen LogP contribution in [0.3, 0.4) is 0 Å². The predicted octanol–water partition coefficient (Wildman–Crippen LogP) is 0.515. The van der Waals surface area contributed by atoms with Gasteiger partial charge >= 0.3 is 12.3 Å². The summed E-state index contributed by atoms with van der Waals surface area (Å²) in [6.07, 6.45) is -2.49. The number of rotatable bonds is 4. The molecule has 0 radical (unpaired) electrons. The van der Waals surface area contributed by atoms with Gasteiger partial charge < -0.3 is 10.1 Å². The highest BCUT2D eigenvalue weighted by molar-refractivity contribution is 5.73. The van der Waals surface area contributed by atoms with Crippen LogP contribution in [0.15, 0.2) is 12.5 Å². The van der Waals surface area contributed by atoms with Crippen molar-refractivity contribution in [3.05, 3.63) is 18.2 Å². The molecule has 15 heavy (non-hydrogen) atoms. The second kappa shape index (κ2) is 4.30. The molecule has 3 N–H and O–H groups in total. The molecule has 1 heterocycles. The van der Waals surface area contributed by atoms with Crippen LogP contribution in [0.25, 0.3) is 0 Å². The lowest BCUT2D eigenvalue weighted by molar-refractivity contribution is -0.174. The summed E-state index contributed by atoms with van der Waals surface area (Å²) in [5.74, 6) is -1.57. The van der Waals surface area contributed by atoms with Crippen LogP contribution in [0.4, 0.5) is 13.2 Å². The molecule has 0 aliphatic rings. The highest BCUT2D eigenvalue weighted by Crippen LogP contribution is 2.12. The van der Waals surface area contributed by atoms with Crippen molar-refractivity contribution < 1.29 is 23.1 Å². The van der Waals surface area contributed by atoms with E-state index in [9.17, 15) is 18.0 Å². The Hall–Kier alpha value is -1.57. The molecule has 84 valence electrons. The highest BCUT2D eigenvalue weighted by Gasteiger charge is 2.34. The van der Waals surface area contributed by atoms with Gasteiger partial charge in [0.2, 0.25) is 0 Å². The van der Waals surface area contributed by atoms with Crippen molar-refractivity contribution in [2.24, 2.45) is 0 Å². The monoisotopic (exact) mass is 223 g/mol. The standard InChI is InChI=1S/C7H8F3N3O2/c8-7(9,10)13-5(6(14)15)1-4-2-11-3-12-4/h2-3,5,13H,1H2,(H,11,12)(H,14,15)/t5-/m0/s1. The predicted molar refractivity (Wildman–Crippen MR) is 42.9 cm³/mol. The van der Waals surface area contributed by atoms with E-state index in [1.54, 1.807) is 0 Å². The fourth-order valence-corrected chi connectivity index (χ4v) is 1.01. The molecule has 1 aromatic rings. The van der Waals surface area contributed by atoms with Crippen LogP contribution in [0.2, 0.25) is 0 Å². The summed E-state index contributed by atoms with van der Waals surface area (Å²) in [5.41, 5.74) is 0.319. The van der Waals surface area contributed by atoms with Crippen LogP contribution >= 0.6 is 0 Å². The normalized spacial score (nSPS) is 13.8. The largest absolute Gasteiger partial charge is 0.480 e. The van der Waals surface area contributed by atoms with E-state index in [0.29, 0.717) is 5.69 Å². The topological polar surface area (TPSA) is 78.0 Å². The van der Waals surface area contributed by atoms with Gasteiger partial charge in [-0.25, -0.2) is 10.3 Å². The summed E-state index contributed by atoms with van der Waals surface area (Å²) in [5, 5.41) is 9.59. The van der Waals surface area contributed by atoms with E-state index in [0.717, 1.165) is 5.32 Å². The van der Waals surface area contributed by atoms with E-state index in [1.165, 1.54) is 12.5 Å². The number of carboxylic acid groups (broad SMARTS) is 1. The van der Waals surface area contributed by atoms with Crippen molar-refractivity contribution in [3.8, 4) is 0 Å². The van der Waals surface area contributed by atoms with E-state index in [4.69, 9.17) is 5.11 Å². The molecule has 0 bridgehead atoms. The molecule has 0 saturated heterocycles. The van der Waals surface area contributed by atoms with E-state index in [2.05, 4.69) is 9.97 Å². The Morgan fingerprint density at radius 1 is 1.67 bits per heavy atom. The number of halogens is 3. The molecule has 0 fully saturated rings. The summed E-state index contributed by atoms with van der Waals surface area (Å²) in [4.78, 5) is 16.6. The number of nitrogens with zero attached hydrogens (tertiary/aromatic N) is 1. The summed E-state index contributed by atoms with van der Waals surface area (Å²) < 4.78 is 35.7. The zero-order valence-corrected chi connectivity index (χ0v) is 7.38. The summed E-state index contributed by atoms with van der Waals surface area (Å²) in [6.45, 7) is 0. The lowest BCUT2D eigenvalue weighted by Gasteiger charge is -2.15. The van der Waals surface area contributed by atoms with Gasteiger partial charge in [0, 0.05) is 18.3 Å². The Bertz CT molecular complexity index is 323. The fraction of sp³-hybridized carbons (Fsp3) is 0.429. The van der Waals surface area contributed by atoms with Crippen LogP contribution in [0, 0.1) is 0 Å². The lowest BCUT2D eigenvalue weighted by atomic mass is 10.2. The van der Waals surface area contributed by atoms with Crippen molar-refractivity contribution in [3.63, 3.8) is 0 Å². The van der Waals surface area contributed by atoms with Gasteiger partial charge in [0.15, 0.2) is 0 Å². The molecule has 0 aromatic carbocycles. The number of alkyl halides is 3. The maximum absolute atomic E-state index is 11.9. The van der Waals surface area contributed by atoms with Crippen molar-refractivity contribution in [2.45, 2.75) is 18.8 Å². The van der Waals surface area contributed by atoms with Gasteiger partial charge in [0.05, 0.1) is 6.33 Å². The third-order valence-corrected chi connectivity index (χ3v) is 1.61. The zero-order valence-electron chi connectivity index (χ0n) is 7.38. The molecule has 0 aliphatic heterocycles. The van der Waals surface area contributed by atoms with Gasteiger partial charge in [-0.05, 0) is 0 Å². The van der Waals surface area contributed by atoms with Crippen molar-refractivity contribution >= 4 is 5.97 Å². The Labute approximate surface area is 82.3 Å². The molecule has 1 aromatic heterocycles. The number of hydrogen-bond acceptors (Lipinski definition) is 3. The molecule has 0 unspecified atom stereocenters. The van der Waals surface area contributed by atoms with E-state index in [1.807, 2.05) is 0 Å². The number of carbonyl (C=O) groups is 1. The molecule has 1 rings (SSSR count). The fourth-order valence-electron chi connectivity index (χ4n) is 1.01. The Morgan fingerprint density at radius 2 is 2.33 bits per heavy atom. The van der Waals surface area contributed by atoms with Crippen LogP contribution in [-0.4, -0.2) is 33.4 Å². The third-order valence-electron chi connectivity index (χ3n) is 1.61. The average Bonchev–Trinajstić information content (AvgIpc) is 2.52. The molecule has 0 aliphatic carbocycles. The number of carboxylic acids is 1. The van der Waals surface area contributed by atoms with E-state index < -0.39 is 18.3 Å². The first-order chi connectivity index (χ1) is 6.88. The number of aliphatic carboxylic acids is 1. The molecule has 8 heteroatoms. The van der Waals surface area contributed by atoms with Gasteiger partial charge in [0.1, 0.15) is 6.04 Å². The first kappa shape index (κ1) is 11.5. The number of aromatic amines is 1.